The second kappa shape index (κ2) is 8.94. The summed E-state index contributed by atoms with van der Waals surface area (Å²) in [6.45, 7) is 2.53. The molecular formula is C25H23F3N6O. The number of rotatable bonds is 5. The molecule has 0 unspecified atom stereocenters. The lowest BCUT2D eigenvalue weighted by atomic mass is 9.97. The van der Waals surface area contributed by atoms with Crippen LogP contribution in [0, 0.1) is 6.92 Å². The van der Waals surface area contributed by atoms with Gasteiger partial charge in [-0.3, -0.25) is 9.48 Å². The number of carbonyl (C=O) groups excluding carboxylic acids is 1. The van der Waals surface area contributed by atoms with Crippen molar-refractivity contribution in [2.24, 2.45) is 0 Å². The Morgan fingerprint density at radius 2 is 1.83 bits per heavy atom. The number of hydrogen-bond acceptors (Lipinski definition) is 4. The molecule has 2 aromatic heterocycles. The van der Waals surface area contributed by atoms with Crippen molar-refractivity contribution in [3.8, 4) is 0 Å². The minimum atomic E-state index is -4.52. The summed E-state index contributed by atoms with van der Waals surface area (Å²) in [6, 6.07) is 17.4. The molecule has 4 aromatic rings. The Balaban J connectivity index is 1.35. The van der Waals surface area contributed by atoms with Crippen LogP contribution in [0.4, 0.5) is 24.8 Å². The first-order valence-corrected chi connectivity index (χ1v) is 11.1. The third-order valence-electron chi connectivity index (χ3n) is 6.10. The summed E-state index contributed by atoms with van der Waals surface area (Å²) in [5.74, 6) is -0.202. The van der Waals surface area contributed by atoms with E-state index in [0.29, 0.717) is 6.54 Å². The van der Waals surface area contributed by atoms with Crippen molar-refractivity contribution in [2.45, 2.75) is 38.1 Å². The number of hydrogen-bond donors (Lipinski definition) is 2. The van der Waals surface area contributed by atoms with Crippen LogP contribution in [0.1, 0.15) is 45.7 Å². The number of fused-ring (bicyclic) bond motifs is 1. The van der Waals surface area contributed by atoms with Crippen LogP contribution in [0.15, 0.2) is 72.9 Å². The van der Waals surface area contributed by atoms with E-state index in [1.807, 2.05) is 37.3 Å². The van der Waals surface area contributed by atoms with Crippen molar-refractivity contribution in [3.63, 3.8) is 0 Å². The van der Waals surface area contributed by atoms with Gasteiger partial charge in [0.25, 0.3) is 5.91 Å². The van der Waals surface area contributed by atoms with Gasteiger partial charge in [-0.2, -0.15) is 23.4 Å². The van der Waals surface area contributed by atoms with Crippen LogP contribution in [0.25, 0.3) is 0 Å². The van der Waals surface area contributed by atoms with Crippen LogP contribution in [0.3, 0.4) is 0 Å². The Bertz CT molecular complexity index is 1340. The third kappa shape index (κ3) is 4.77. The quantitative estimate of drug-likeness (QED) is 0.404. The second-order valence-electron chi connectivity index (χ2n) is 8.54. The van der Waals surface area contributed by atoms with Crippen LogP contribution < -0.4 is 10.6 Å². The van der Waals surface area contributed by atoms with Gasteiger partial charge in [0, 0.05) is 24.8 Å². The average Bonchev–Trinajstić information content (AvgIpc) is 3.46. The molecule has 1 aliphatic heterocycles. The van der Waals surface area contributed by atoms with E-state index >= 15 is 0 Å². The van der Waals surface area contributed by atoms with E-state index in [1.165, 1.54) is 6.07 Å². The fraction of sp³-hybridized carbons (Fsp3) is 0.240. The van der Waals surface area contributed by atoms with Gasteiger partial charge in [-0.1, -0.05) is 54.6 Å². The number of carbonyl (C=O) groups is 1. The molecule has 1 amide bonds. The van der Waals surface area contributed by atoms with Crippen molar-refractivity contribution in [1.82, 2.24) is 19.6 Å². The number of halogens is 3. The van der Waals surface area contributed by atoms with E-state index in [1.54, 1.807) is 41.2 Å². The molecule has 0 aliphatic carbocycles. The van der Waals surface area contributed by atoms with Crippen LogP contribution in [0.2, 0.25) is 0 Å². The number of aromatic nitrogens is 4. The Hall–Kier alpha value is -4.08. The van der Waals surface area contributed by atoms with E-state index in [4.69, 9.17) is 0 Å². The Morgan fingerprint density at radius 3 is 2.57 bits per heavy atom. The van der Waals surface area contributed by atoms with E-state index in [2.05, 4.69) is 20.8 Å². The second-order valence-corrected chi connectivity index (χ2v) is 8.54. The monoisotopic (exact) mass is 480 g/mol. The molecule has 1 aliphatic rings. The van der Waals surface area contributed by atoms with Crippen LogP contribution in [-0.2, 0) is 6.54 Å². The predicted molar refractivity (Wildman–Crippen MR) is 125 cm³/mol. The van der Waals surface area contributed by atoms with Crippen molar-refractivity contribution in [3.05, 3.63) is 95.3 Å². The molecular weight excluding hydrogens is 457 g/mol. The minimum absolute atomic E-state index is 0.121. The number of anilines is 2. The molecule has 0 saturated carbocycles. The normalized spacial score (nSPS) is 17.5. The smallest absolute Gasteiger partial charge is 0.363 e. The largest absolute Gasteiger partial charge is 0.410 e. The van der Waals surface area contributed by atoms with Crippen LogP contribution in [0.5, 0.6) is 0 Å². The zero-order chi connectivity index (χ0) is 24.6. The Labute approximate surface area is 199 Å². The first-order chi connectivity index (χ1) is 16.8. The SMILES string of the molecule is Cc1ccccc1Cn1ccc(NC(=O)c2cc3n(n2)[C@H](C(F)(F)F)C[C@@H](c2ccccc2)N3)n1. The number of nitrogens with one attached hydrogen (secondary N) is 2. The molecule has 35 heavy (non-hydrogen) atoms. The van der Waals surface area contributed by atoms with Gasteiger partial charge in [-0.05, 0) is 23.6 Å². The number of aryl methyl sites for hydroxylation is 1. The summed E-state index contributed by atoms with van der Waals surface area (Å²) in [7, 11) is 0. The zero-order valence-corrected chi connectivity index (χ0v) is 18.8. The van der Waals surface area contributed by atoms with Gasteiger partial charge in [0.15, 0.2) is 17.6 Å². The predicted octanol–water partition coefficient (Wildman–Crippen LogP) is 5.35. The van der Waals surface area contributed by atoms with Crippen molar-refractivity contribution in [1.29, 1.82) is 0 Å². The molecule has 0 radical (unpaired) electrons. The summed E-state index contributed by atoms with van der Waals surface area (Å²) in [5, 5.41) is 14.1. The molecule has 0 spiro atoms. The summed E-state index contributed by atoms with van der Waals surface area (Å²) >= 11 is 0. The van der Waals surface area contributed by atoms with E-state index < -0.39 is 24.2 Å². The van der Waals surface area contributed by atoms with Gasteiger partial charge in [0.1, 0.15) is 5.82 Å². The first kappa shape index (κ1) is 22.7. The first-order valence-electron chi connectivity index (χ1n) is 11.1. The minimum Gasteiger partial charge on any atom is -0.363 e. The maximum Gasteiger partial charge on any atom is 0.410 e. The molecule has 3 heterocycles. The summed E-state index contributed by atoms with van der Waals surface area (Å²) in [5.41, 5.74) is 2.83. The highest BCUT2D eigenvalue weighted by Gasteiger charge is 2.46. The number of benzene rings is 2. The molecule has 7 nitrogen and oxygen atoms in total. The Morgan fingerprint density at radius 1 is 1.09 bits per heavy atom. The highest BCUT2D eigenvalue weighted by molar-refractivity contribution is 6.02. The van der Waals surface area contributed by atoms with Gasteiger partial charge in [0.2, 0.25) is 0 Å². The van der Waals surface area contributed by atoms with Crippen LogP contribution >= 0.6 is 0 Å². The molecule has 180 valence electrons. The highest BCUT2D eigenvalue weighted by Crippen LogP contribution is 2.43. The lowest BCUT2D eigenvalue weighted by molar-refractivity contribution is -0.173. The molecule has 5 rings (SSSR count). The Kier molecular flexibility index (Phi) is 5.80. The summed E-state index contributed by atoms with van der Waals surface area (Å²) in [4.78, 5) is 12.8. The van der Waals surface area contributed by atoms with Gasteiger partial charge in [0.05, 0.1) is 12.6 Å². The molecule has 10 heteroatoms. The maximum absolute atomic E-state index is 13.9. The standard InChI is InChI=1S/C25H23F3N6O/c1-16-7-5-6-10-18(16)15-33-12-11-22(32-33)30-24(35)20-14-23-29-19(17-8-3-2-4-9-17)13-21(25(26,27)28)34(23)31-20/h2-12,14,19,21,29H,13,15H2,1H3,(H,30,32,35)/t19-,21-/m0/s1. The molecule has 2 atom stereocenters. The van der Waals surface area contributed by atoms with E-state index in [0.717, 1.165) is 21.4 Å². The van der Waals surface area contributed by atoms with E-state index in [9.17, 15) is 18.0 Å². The van der Waals surface area contributed by atoms with Gasteiger partial charge < -0.3 is 10.6 Å². The van der Waals surface area contributed by atoms with Crippen LogP contribution in [-0.4, -0.2) is 31.6 Å². The van der Waals surface area contributed by atoms with E-state index in [-0.39, 0.29) is 23.8 Å². The number of alkyl halides is 3. The molecule has 2 N–H and O–H groups in total. The highest BCUT2D eigenvalue weighted by atomic mass is 19.4. The molecule has 0 fully saturated rings. The summed E-state index contributed by atoms with van der Waals surface area (Å²) < 4.78 is 44.2. The number of amides is 1. The summed E-state index contributed by atoms with van der Waals surface area (Å²) in [6.07, 6.45) is -3.02. The lowest BCUT2D eigenvalue weighted by Gasteiger charge is -2.33. The molecule has 2 aromatic carbocycles. The fourth-order valence-corrected chi connectivity index (χ4v) is 4.25. The van der Waals surface area contributed by atoms with Gasteiger partial charge >= 0.3 is 6.18 Å². The van der Waals surface area contributed by atoms with Gasteiger partial charge in [-0.25, -0.2) is 4.68 Å². The third-order valence-corrected chi connectivity index (χ3v) is 6.10. The van der Waals surface area contributed by atoms with Crippen molar-refractivity contribution < 1.29 is 18.0 Å². The zero-order valence-electron chi connectivity index (χ0n) is 18.8. The molecule has 0 bridgehead atoms. The van der Waals surface area contributed by atoms with Crippen molar-refractivity contribution >= 4 is 17.5 Å². The fourth-order valence-electron chi connectivity index (χ4n) is 4.25. The van der Waals surface area contributed by atoms with Gasteiger partial charge in [-0.15, -0.1) is 0 Å². The lowest BCUT2D eigenvalue weighted by Crippen LogP contribution is -2.35. The topological polar surface area (TPSA) is 76.8 Å². The maximum atomic E-state index is 13.9. The number of nitrogens with zero attached hydrogens (tertiary/aromatic N) is 4. The van der Waals surface area contributed by atoms with Crippen molar-refractivity contribution in [2.75, 3.05) is 10.6 Å². The molecule has 0 saturated heterocycles. The average molecular weight is 480 g/mol.